The Morgan fingerprint density at radius 1 is 1.09 bits per heavy atom. The molecule has 4 unspecified atom stereocenters. The summed E-state index contributed by atoms with van der Waals surface area (Å²) in [5, 5.41) is 7.85. The van der Waals surface area contributed by atoms with Crippen LogP contribution in [-0.4, -0.2) is 78.0 Å². The Morgan fingerprint density at radius 2 is 1.89 bits per heavy atom. The number of carbonyl (C=O) groups is 2. The van der Waals surface area contributed by atoms with Gasteiger partial charge in [-0.3, -0.25) is 4.79 Å². The van der Waals surface area contributed by atoms with Crippen molar-refractivity contribution in [3.8, 4) is 0 Å². The molecule has 5 rings (SSSR count). The van der Waals surface area contributed by atoms with E-state index in [4.69, 9.17) is 37.9 Å². The number of likely N-dealkylation sites (tertiary alicyclic amines) is 1. The van der Waals surface area contributed by atoms with Crippen LogP contribution >= 0.6 is 34.5 Å². The first-order valence-corrected chi connectivity index (χ1v) is 17.0. The van der Waals surface area contributed by atoms with E-state index < -0.39 is 0 Å². The predicted octanol–water partition coefficient (Wildman–Crippen LogP) is 5.64. The Labute approximate surface area is 273 Å². The van der Waals surface area contributed by atoms with Crippen LogP contribution in [0.3, 0.4) is 0 Å². The fourth-order valence-electron chi connectivity index (χ4n) is 6.40. The van der Waals surface area contributed by atoms with Gasteiger partial charge in [0.2, 0.25) is 5.91 Å². The van der Waals surface area contributed by atoms with E-state index >= 15 is 0 Å². The van der Waals surface area contributed by atoms with E-state index in [0.29, 0.717) is 53.5 Å². The first-order valence-electron chi connectivity index (χ1n) is 15.5. The number of rotatable bonds is 11. The zero-order valence-corrected chi connectivity index (χ0v) is 27.9. The highest BCUT2D eigenvalue weighted by molar-refractivity contribution is 7.18. The molecule has 2 aliphatic rings. The number of benzene rings is 1. The van der Waals surface area contributed by atoms with E-state index in [1.54, 1.807) is 11.3 Å². The molecule has 44 heavy (non-hydrogen) atoms. The number of morpholine rings is 1. The van der Waals surface area contributed by atoms with Gasteiger partial charge in [0, 0.05) is 63.8 Å². The van der Waals surface area contributed by atoms with E-state index in [9.17, 15) is 9.59 Å². The van der Waals surface area contributed by atoms with Crippen molar-refractivity contribution >= 4 is 62.6 Å². The number of fused-ring (bicyclic) bond motifs is 1. The number of hydrogen-bond donors (Lipinski definition) is 3. The highest BCUT2D eigenvalue weighted by Crippen LogP contribution is 2.39. The largest absolute Gasteiger partial charge is 0.372 e. The normalized spacial score (nSPS) is 23.6. The molecule has 2 saturated heterocycles. The number of quaternary nitrogens is 1. The number of aryl methyl sites for hydroxylation is 1. The number of halogens is 2. The van der Waals surface area contributed by atoms with E-state index in [1.807, 2.05) is 31.2 Å². The van der Waals surface area contributed by atoms with E-state index in [-0.39, 0.29) is 30.2 Å². The maximum Gasteiger partial charge on any atom is 0.359 e. The zero-order chi connectivity index (χ0) is 31.3. The fraction of sp³-hybridized carbons (Fsp3) is 0.548. The molecule has 13 heteroatoms. The summed E-state index contributed by atoms with van der Waals surface area (Å²) >= 11 is 14.1. The lowest BCUT2D eigenvalue weighted by Crippen LogP contribution is -2.62. The summed E-state index contributed by atoms with van der Waals surface area (Å²) < 4.78 is 7.28. The molecule has 2 fully saturated rings. The molecule has 0 radical (unpaired) electrons. The van der Waals surface area contributed by atoms with E-state index in [2.05, 4.69) is 40.9 Å². The van der Waals surface area contributed by atoms with Crippen molar-refractivity contribution in [2.24, 2.45) is 0 Å². The molecule has 4 atom stereocenters. The van der Waals surface area contributed by atoms with Crippen molar-refractivity contribution in [2.45, 2.75) is 71.1 Å². The van der Waals surface area contributed by atoms with Crippen LogP contribution in [-0.2, 0) is 16.0 Å². The van der Waals surface area contributed by atoms with Gasteiger partial charge in [0.15, 0.2) is 5.65 Å². The minimum absolute atomic E-state index is 0.0140. The third-order valence-corrected chi connectivity index (χ3v) is 10.1. The second kappa shape index (κ2) is 14.6. The van der Waals surface area contributed by atoms with Crippen LogP contribution in [0, 0.1) is 0 Å². The quantitative estimate of drug-likeness (QED) is 0.181. The minimum atomic E-state index is -0.199. The molecule has 1 aromatic carbocycles. The van der Waals surface area contributed by atoms with Crippen LogP contribution in [0.2, 0.25) is 10.0 Å². The summed E-state index contributed by atoms with van der Waals surface area (Å²) in [4.78, 5) is 37.2. The number of pyridine rings is 1. The number of nitrogens with zero attached hydrogens (tertiary/aromatic N) is 4. The van der Waals surface area contributed by atoms with Crippen LogP contribution in [0.25, 0.3) is 10.3 Å². The van der Waals surface area contributed by atoms with Crippen LogP contribution in [0.5, 0.6) is 0 Å². The monoisotopic (exact) mass is 662 g/mol. The molecule has 2 aliphatic heterocycles. The molecular weight excluding hydrogens is 621 g/mol. The second-order valence-corrected chi connectivity index (χ2v) is 13.7. The van der Waals surface area contributed by atoms with Crippen molar-refractivity contribution in [3.63, 3.8) is 0 Å². The molecular formula is C31H42Cl2N7O3S+. The summed E-state index contributed by atoms with van der Waals surface area (Å²) in [5.74, 6) is 0.899. The highest BCUT2D eigenvalue weighted by Gasteiger charge is 2.44. The Balaban J connectivity index is 1.14. The molecule has 3 amide bonds. The average molecular weight is 664 g/mol. The van der Waals surface area contributed by atoms with Crippen molar-refractivity contribution in [1.82, 2.24) is 26.0 Å². The van der Waals surface area contributed by atoms with Crippen LogP contribution < -0.4 is 21.0 Å². The van der Waals surface area contributed by atoms with Gasteiger partial charge < -0.3 is 20.3 Å². The third-order valence-electron chi connectivity index (χ3n) is 8.27. The summed E-state index contributed by atoms with van der Waals surface area (Å²) in [5.41, 5.74) is 5.00. The minimum Gasteiger partial charge on any atom is -0.372 e. The Kier molecular flexibility index (Phi) is 10.8. The average Bonchev–Trinajstić information content (AvgIpc) is 3.59. The fourth-order valence-corrected chi connectivity index (χ4v) is 7.62. The zero-order valence-electron chi connectivity index (χ0n) is 25.6. The van der Waals surface area contributed by atoms with Crippen molar-refractivity contribution in [2.75, 3.05) is 44.2 Å². The van der Waals surface area contributed by atoms with Gasteiger partial charge in [0.1, 0.15) is 24.9 Å². The maximum absolute atomic E-state index is 12.8. The lowest BCUT2D eigenvalue weighted by molar-refractivity contribution is -0.977. The van der Waals surface area contributed by atoms with Crippen LogP contribution in [0.4, 0.5) is 10.6 Å². The summed E-state index contributed by atoms with van der Waals surface area (Å²) in [6.07, 6.45) is 3.82. The molecule has 0 aliphatic carbocycles. The third kappa shape index (κ3) is 7.92. The lowest BCUT2D eigenvalue weighted by atomic mass is 10.0. The Bertz CT molecular complexity index is 1460. The molecule has 0 spiro atoms. The Hall–Kier alpha value is -2.70. The van der Waals surface area contributed by atoms with Crippen molar-refractivity contribution in [1.29, 1.82) is 0 Å². The van der Waals surface area contributed by atoms with Gasteiger partial charge in [-0.1, -0.05) is 29.3 Å². The number of anilines is 1. The maximum atomic E-state index is 12.8. The predicted molar refractivity (Wildman–Crippen MR) is 176 cm³/mol. The van der Waals surface area contributed by atoms with Gasteiger partial charge in [-0.2, -0.15) is 5.43 Å². The van der Waals surface area contributed by atoms with E-state index in [0.717, 1.165) is 59.2 Å². The number of ether oxygens (including phenoxy) is 1. The summed E-state index contributed by atoms with van der Waals surface area (Å²) in [7, 11) is 0. The number of carbonyl (C=O) groups excluding carboxylic acids is 2. The van der Waals surface area contributed by atoms with Gasteiger partial charge in [-0.15, -0.1) is 11.3 Å². The van der Waals surface area contributed by atoms with Gasteiger partial charge in [-0.05, 0) is 45.0 Å². The Morgan fingerprint density at radius 3 is 2.64 bits per heavy atom. The van der Waals surface area contributed by atoms with Crippen molar-refractivity contribution < 1.29 is 18.9 Å². The summed E-state index contributed by atoms with van der Waals surface area (Å²) in [6, 6.07) is 9.66. The smallest absolute Gasteiger partial charge is 0.359 e. The number of urea groups is 1. The van der Waals surface area contributed by atoms with E-state index in [1.165, 1.54) is 0 Å². The first kappa shape index (κ1) is 32.7. The highest BCUT2D eigenvalue weighted by atomic mass is 35.5. The number of amides is 3. The summed E-state index contributed by atoms with van der Waals surface area (Å²) in [6.45, 7) is 10.2. The number of thiazole rings is 1. The molecule has 0 bridgehead atoms. The number of hydrogen-bond acceptors (Lipinski definition) is 7. The molecule has 3 N–H and O–H groups in total. The van der Waals surface area contributed by atoms with Gasteiger partial charge in [-0.25, -0.2) is 19.4 Å². The van der Waals surface area contributed by atoms with Crippen LogP contribution in [0.1, 0.15) is 63.1 Å². The van der Waals surface area contributed by atoms with Crippen LogP contribution in [0.15, 0.2) is 30.3 Å². The SMILES string of the molecule is CCNC(=O)N[N+]1(CCCNC(=O)CCc2nc3nc(N4CC(C)OC(C)C4)ccc3s2)CCCC1c1ccc(Cl)c(Cl)c1. The molecule has 4 heterocycles. The number of nitrogens with one attached hydrogen (secondary N) is 3. The van der Waals surface area contributed by atoms with Gasteiger partial charge in [0.05, 0.1) is 32.0 Å². The van der Waals surface area contributed by atoms with Crippen molar-refractivity contribution in [3.05, 3.63) is 50.9 Å². The lowest BCUT2D eigenvalue weighted by Gasteiger charge is -2.39. The standard InChI is InChI=1S/C31H41Cl2N7O3S/c1-4-34-31(42)38-40(15-5-7-25(40)22-8-9-23(32)24(33)17-22)16-6-14-35-28(41)12-13-29-37-30-26(44-29)10-11-27(36-30)39-18-20(2)43-21(3)19-39/h8-11,17,20-21,25H,4-7,12-16,18-19H2,1-3H3,(H2-,34,35,38,41,42)/p+1. The first-order chi connectivity index (χ1) is 21.2. The molecule has 238 valence electrons. The number of aromatic nitrogens is 2. The molecule has 10 nitrogen and oxygen atoms in total. The molecule has 2 aromatic heterocycles. The molecule has 0 saturated carbocycles. The molecule has 3 aromatic rings. The second-order valence-electron chi connectivity index (χ2n) is 11.7. The van der Waals surface area contributed by atoms with Gasteiger partial charge >= 0.3 is 6.03 Å². The van der Waals surface area contributed by atoms with Gasteiger partial charge in [0.25, 0.3) is 0 Å². The topological polar surface area (TPSA) is 108 Å².